The second-order valence-electron chi connectivity index (χ2n) is 8.84. The van der Waals surface area contributed by atoms with Crippen LogP contribution < -0.4 is 0 Å². The van der Waals surface area contributed by atoms with Gasteiger partial charge in [-0.25, -0.2) is 9.37 Å². The minimum atomic E-state index is -0.356. The molecular weight excluding hydrogens is 417 g/mol. The number of oxime groups is 1. The van der Waals surface area contributed by atoms with E-state index in [1.807, 2.05) is 31.6 Å². The normalized spacial score (nSPS) is 22.6. The molecule has 0 radical (unpaired) electrons. The van der Waals surface area contributed by atoms with E-state index < -0.39 is 0 Å². The summed E-state index contributed by atoms with van der Waals surface area (Å²) in [6.45, 7) is 5.80. The largest absolute Gasteiger partial charge is 0.395 e. The number of fused-ring (bicyclic) bond motifs is 1. The second kappa shape index (κ2) is 8.94. The zero-order valence-corrected chi connectivity index (χ0v) is 19.0. The van der Waals surface area contributed by atoms with E-state index in [1.54, 1.807) is 0 Å². The van der Waals surface area contributed by atoms with Crippen molar-refractivity contribution in [3.05, 3.63) is 89.3 Å². The van der Waals surface area contributed by atoms with E-state index in [0.717, 1.165) is 41.1 Å². The standard InChI is InChI=1S/C27H28FN3O2/c1-3-21-14-20(5-11-26(21)31-15-19(2)29-18-31)4-10-25-24-12-13-32-16-27(24,17-33-30-25)22-6-8-23(28)9-7-22/h4-11,14-15,18,24H,3,12-13,16-17H2,1-2H3/b10-4+. The Kier molecular flexibility index (Phi) is 5.85. The van der Waals surface area contributed by atoms with Crippen LogP contribution >= 0.6 is 0 Å². The third kappa shape index (κ3) is 4.11. The second-order valence-corrected chi connectivity index (χ2v) is 8.84. The molecule has 0 amide bonds. The maximum absolute atomic E-state index is 13.6. The van der Waals surface area contributed by atoms with Crippen LogP contribution in [0.15, 0.2) is 66.2 Å². The molecule has 2 aliphatic heterocycles. The van der Waals surface area contributed by atoms with Gasteiger partial charge in [0.05, 0.1) is 29.8 Å². The highest BCUT2D eigenvalue weighted by molar-refractivity contribution is 6.01. The number of nitrogens with zero attached hydrogens (tertiary/aromatic N) is 3. The average molecular weight is 446 g/mol. The topological polar surface area (TPSA) is 48.6 Å². The first kappa shape index (κ1) is 21.6. The van der Waals surface area contributed by atoms with Crippen LogP contribution in [0.4, 0.5) is 4.39 Å². The number of hydrogen-bond acceptors (Lipinski definition) is 4. The van der Waals surface area contributed by atoms with E-state index in [4.69, 9.17) is 9.57 Å². The van der Waals surface area contributed by atoms with Gasteiger partial charge in [0.2, 0.25) is 0 Å². The Morgan fingerprint density at radius 2 is 2.00 bits per heavy atom. The number of rotatable bonds is 5. The Labute approximate surface area is 193 Å². The van der Waals surface area contributed by atoms with E-state index in [9.17, 15) is 4.39 Å². The summed E-state index contributed by atoms with van der Waals surface area (Å²) in [5.74, 6) is -0.0875. The summed E-state index contributed by atoms with van der Waals surface area (Å²) in [4.78, 5) is 10.1. The van der Waals surface area contributed by atoms with Gasteiger partial charge in [0.25, 0.3) is 0 Å². The molecule has 170 valence electrons. The van der Waals surface area contributed by atoms with E-state index in [0.29, 0.717) is 19.8 Å². The van der Waals surface area contributed by atoms with Gasteiger partial charge in [-0.1, -0.05) is 36.4 Å². The summed E-state index contributed by atoms with van der Waals surface area (Å²) >= 11 is 0. The molecule has 3 heterocycles. The smallest absolute Gasteiger partial charge is 0.129 e. The van der Waals surface area contributed by atoms with Crippen LogP contribution in [0, 0.1) is 18.7 Å². The van der Waals surface area contributed by atoms with Crippen LogP contribution in [0.5, 0.6) is 0 Å². The lowest BCUT2D eigenvalue weighted by atomic mass is 9.66. The molecule has 1 saturated heterocycles. The minimum Gasteiger partial charge on any atom is -0.395 e. The third-order valence-electron chi connectivity index (χ3n) is 6.77. The summed E-state index contributed by atoms with van der Waals surface area (Å²) in [5.41, 5.74) is 6.09. The average Bonchev–Trinajstić information content (AvgIpc) is 3.28. The Morgan fingerprint density at radius 3 is 2.76 bits per heavy atom. The van der Waals surface area contributed by atoms with Crippen molar-refractivity contribution in [2.75, 3.05) is 19.8 Å². The molecule has 2 aliphatic rings. The zero-order valence-electron chi connectivity index (χ0n) is 19.0. The predicted molar refractivity (Wildman–Crippen MR) is 127 cm³/mol. The maximum atomic E-state index is 13.6. The highest BCUT2D eigenvalue weighted by Crippen LogP contribution is 2.42. The fraction of sp³-hybridized carbons (Fsp3) is 0.333. The van der Waals surface area contributed by atoms with Gasteiger partial charge in [0.15, 0.2) is 0 Å². The molecule has 0 spiro atoms. The van der Waals surface area contributed by atoms with Crippen molar-refractivity contribution in [1.29, 1.82) is 0 Å². The van der Waals surface area contributed by atoms with Crippen LogP contribution in [0.2, 0.25) is 0 Å². The van der Waals surface area contributed by atoms with E-state index in [1.165, 1.54) is 17.7 Å². The molecular formula is C27H28FN3O2. The minimum absolute atomic E-state index is 0.153. The first-order chi connectivity index (χ1) is 16.1. The number of benzene rings is 2. The van der Waals surface area contributed by atoms with Gasteiger partial charge >= 0.3 is 0 Å². The number of halogens is 1. The lowest BCUT2D eigenvalue weighted by Crippen LogP contribution is -2.52. The number of aryl methyl sites for hydroxylation is 2. The summed E-state index contributed by atoms with van der Waals surface area (Å²) in [7, 11) is 0. The van der Waals surface area contributed by atoms with Gasteiger partial charge in [0.1, 0.15) is 12.4 Å². The zero-order chi connectivity index (χ0) is 22.8. The van der Waals surface area contributed by atoms with Gasteiger partial charge in [-0.3, -0.25) is 0 Å². The van der Waals surface area contributed by atoms with Crippen molar-refractivity contribution in [2.45, 2.75) is 32.1 Å². The SMILES string of the molecule is CCc1cc(/C=C/C2=NOCC3(c4ccc(F)cc4)COCCC23)ccc1-n1cnc(C)c1. The molecule has 0 N–H and O–H groups in total. The molecule has 2 unspecified atom stereocenters. The molecule has 1 aromatic heterocycles. The molecule has 5 rings (SSSR count). The quantitative estimate of drug-likeness (QED) is 0.539. The summed E-state index contributed by atoms with van der Waals surface area (Å²) in [6.07, 6.45) is 9.82. The lowest BCUT2D eigenvalue weighted by molar-refractivity contribution is -0.0458. The molecule has 33 heavy (non-hydrogen) atoms. The van der Waals surface area contributed by atoms with Crippen LogP contribution in [0.1, 0.15) is 35.7 Å². The van der Waals surface area contributed by atoms with Crippen LogP contribution in [0.3, 0.4) is 0 Å². The summed E-state index contributed by atoms with van der Waals surface area (Å²) in [6, 6.07) is 13.2. The monoisotopic (exact) mass is 445 g/mol. The molecule has 2 aromatic carbocycles. The van der Waals surface area contributed by atoms with Gasteiger partial charge in [0, 0.05) is 24.4 Å². The van der Waals surface area contributed by atoms with E-state index >= 15 is 0 Å². The Hall–Kier alpha value is -3.25. The lowest BCUT2D eigenvalue weighted by Gasteiger charge is -2.45. The van der Waals surface area contributed by atoms with Crippen LogP contribution in [0.25, 0.3) is 11.8 Å². The van der Waals surface area contributed by atoms with Crippen molar-refractivity contribution < 1.29 is 14.0 Å². The van der Waals surface area contributed by atoms with Crippen molar-refractivity contribution in [3.63, 3.8) is 0 Å². The Balaban J connectivity index is 1.43. The fourth-order valence-electron chi connectivity index (χ4n) is 4.97. The first-order valence-electron chi connectivity index (χ1n) is 11.4. The van der Waals surface area contributed by atoms with Crippen molar-refractivity contribution in [3.8, 4) is 5.69 Å². The first-order valence-corrected chi connectivity index (χ1v) is 11.4. The fourth-order valence-corrected chi connectivity index (χ4v) is 4.97. The van der Waals surface area contributed by atoms with Gasteiger partial charge < -0.3 is 14.1 Å². The van der Waals surface area contributed by atoms with Crippen molar-refractivity contribution in [2.24, 2.45) is 11.1 Å². The Bertz CT molecular complexity index is 1200. The van der Waals surface area contributed by atoms with Crippen molar-refractivity contribution in [1.82, 2.24) is 9.55 Å². The molecule has 2 atom stereocenters. The number of imidazole rings is 1. The highest BCUT2D eigenvalue weighted by Gasteiger charge is 2.48. The molecule has 5 nitrogen and oxygen atoms in total. The number of allylic oxidation sites excluding steroid dienone is 1. The van der Waals surface area contributed by atoms with E-state index in [-0.39, 0.29) is 17.2 Å². The third-order valence-corrected chi connectivity index (χ3v) is 6.77. The molecule has 0 bridgehead atoms. The summed E-state index contributed by atoms with van der Waals surface area (Å²) < 4.78 is 21.5. The predicted octanol–water partition coefficient (Wildman–Crippen LogP) is 5.26. The van der Waals surface area contributed by atoms with Gasteiger partial charge in [-0.15, -0.1) is 0 Å². The highest BCUT2D eigenvalue weighted by atomic mass is 19.1. The molecule has 0 saturated carbocycles. The van der Waals surface area contributed by atoms with E-state index in [2.05, 4.69) is 52.0 Å². The molecule has 1 fully saturated rings. The Morgan fingerprint density at radius 1 is 1.15 bits per heavy atom. The maximum Gasteiger partial charge on any atom is 0.129 e. The van der Waals surface area contributed by atoms with Crippen molar-refractivity contribution >= 4 is 11.8 Å². The summed E-state index contributed by atoms with van der Waals surface area (Å²) in [5, 5.41) is 4.42. The number of ether oxygens (including phenoxy) is 1. The molecule has 3 aromatic rings. The molecule has 6 heteroatoms. The molecule has 0 aliphatic carbocycles. The number of aromatic nitrogens is 2. The number of hydrogen-bond donors (Lipinski definition) is 0. The van der Waals surface area contributed by atoms with Crippen LogP contribution in [-0.2, 0) is 21.4 Å². The van der Waals surface area contributed by atoms with Crippen LogP contribution in [-0.4, -0.2) is 35.1 Å². The van der Waals surface area contributed by atoms with Gasteiger partial charge in [-0.05, 0) is 66.8 Å². The van der Waals surface area contributed by atoms with Gasteiger partial charge in [-0.2, -0.15) is 0 Å².